The lowest BCUT2D eigenvalue weighted by Gasteiger charge is -2.22. The van der Waals surface area contributed by atoms with Crippen LogP contribution in [0.1, 0.15) is 35.2 Å². The zero-order valence-corrected chi connectivity index (χ0v) is 19.0. The van der Waals surface area contributed by atoms with Crippen LogP contribution >= 0.6 is 0 Å². The number of nitrogens with zero attached hydrogens (tertiary/aromatic N) is 2. The van der Waals surface area contributed by atoms with Crippen molar-refractivity contribution in [3.8, 4) is 0 Å². The molecule has 1 fully saturated rings. The highest BCUT2D eigenvalue weighted by Gasteiger charge is 2.47. The van der Waals surface area contributed by atoms with Gasteiger partial charge in [-0.2, -0.15) is 0 Å². The lowest BCUT2D eigenvalue weighted by Crippen LogP contribution is -2.43. The summed E-state index contributed by atoms with van der Waals surface area (Å²) in [6, 6.07) is 11.1. The van der Waals surface area contributed by atoms with Crippen LogP contribution in [0.5, 0.6) is 0 Å². The molecule has 0 bridgehead atoms. The van der Waals surface area contributed by atoms with Crippen LogP contribution in [0.15, 0.2) is 42.5 Å². The van der Waals surface area contributed by atoms with Crippen LogP contribution in [0.2, 0.25) is 0 Å². The molecule has 0 spiro atoms. The summed E-state index contributed by atoms with van der Waals surface area (Å²) in [4.78, 5) is 63.5. The van der Waals surface area contributed by atoms with Gasteiger partial charge in [-0.25, -0.2) is 14.6 Å². The van der Waals surface area contributed by atoms with Gasteiger partial charge in [-0.05, 0) is 44.4 Å². The minimum absolute atomic E-state index is 0.347. The Morgan fingerprint density at radius 1 is 0.909 bits per heavy atom. The summed E-state index contributed by atoms with van der Waals surface area (Å²) in [5.74, 6) is -3.25. The van der Waals surface area contributed by atoms with E-state index in [1.807, 2.05) is 32.9 Å². The molecule has 1 unspecified atom stereocenters. The zero-order valence-electron chi connectivity index (χ0n) is 19.0. The Balaban J connectivity index is 1.59. The summed E-state index contributed by atoms with van der Waals surface area (Å²) in [5, 5.41) is 5.14. The maximum absolute atomic E-state index is 12.7. The first-order valence-corrected chi connectivity index (χ1v) is 10.5. The van der Waals surface area contributed by atoms with E-state index in [-0.39, 0.29) is 6.54 Å². The number of nitrogens with one attached hydrogen (secondary N) is 2. The van der Waals surface area contributed by atoms with E-state index in [2.05, 4.69) is 10.6 Å². The first-order chi connectivity index (χ1) is 15.6. The molecule has 0 aliphatic carbocycles. The highest BCUT2D eigenvalue weighted by molar-refractivity contribution is 6.45. The Kier molecular flexibility index (Phi) is 6.91. The number of amides is 6. The maximum atomic E-state index is 12.7. The topological polar surface area (TPSA) is 116 Å². The quantitative estimate of drug-likeness (QED) is 0.496. The average Bonchev–Trinajstić information content (AvgIpc) is 2.98. The van der Waals surface area contributed by atoms with E-state index >= 15 is 0 Å². The predicted octanol–water partition coefficient (Wildman–Crippen LogP) is 2.22. The van der Waals surface area contributed by atoms with Gasteiger partial charge in [0.1, 0.15) is 6.54 Å². The number of rotatable bonds is 7. The standard InChI is InChI=1S/C24H26N4O5/c1-14-10-15(2)21(16(3)11-14)26-19(29)12-25-20(30)13-27-22(31)23(32)28(24(27)33)17(4)18-8-6-5-7-9-18/h5-11,17H,12-13H2,1-4H3,(H,25,30)(H,26,29). The second-order valence-corrected chi connectivity index (χ2v) is 8.03. The van der Waals surface area contributed by atoms with Gasteiger partial charge in [0, 0.05) is 5.69 Å². The summed E-state index contributed by atoms with van der Waals surface area (Å²) < 4.78 is 0. The van der Waals surface area contributed by atoms with Crippen LogP contribution in [0.3, 0.4) is 0 Å². The summed E-state index contributed by atoms with van der Waals surface area (Å²) in [5.41, 5.74) is 4.21. The molecule has 1 atom stereocenters. The van der Waals surface area contributed by atoms with Crippen LogP contribution in [0.25, 0.3) is 0 Å². The van der Waals surface area contributed by atoms with Gasteiger partial charge in [0.25, 0.3) is 0 Å². The number of urea groups is 1. The number of carbonyl (C=O) groups is 5. The Morgan fingerprint density at radius 2 is 1.52 bits per heavy atom. The third-order valence-electron chi connectivity index (χ3n) is 5.44. The second kappa shape index (κ2) is 9.64. The third-order valence-corrected chi connectivity index (χ3v) is 5.44. The average molecular weight is 450 g/mol. The highest BCUT2D eigenvalue weighted by atomic mass is 16.2. The van der Waals surface area contributed by atoms with E-state index in [1.165, 1.54) is 0 Å². The van der Waals surface area contributed by atoms with E-state index < -0.39 is 42.2 Å². The fourth-order valence-electron chi connectivity index (χ4n) is 3.82. The highest BCUT2D eigenvalue weighted by Crippen LogP contribution is 2.26. The van der Waals surface area contributed by atoms with E-state index in [0.29, 0.717) is 16.2 Å². The van der Waals surface area contributed by atoms with E-state index in [0.717, 1.165) is 21.6 Å². The minimum atomic E-state index is -1.08. The Bertz CT molecular complexity index is 1110. The van der Waals surface area contributed by atoms with Crippen molar-refractivity contribution in [2.75, 3.05) is 18.4 Å². The first kappa shape index (κ1) is 23.6. The number of imide groups is 2. The fourth-order valence-corrected chi connectivity index (χ4v) is 3.82. The van der Waals surface area contributed by atoms with E-state index in [1.54, 1.807) is 37.3 Å². The molecule has 9 nitrogen and oxygen atoms in total. The van der Waals surface area contributed by atoms with E-state index in [9.17, 15) is 24.0 Å². The molecule has 3 rings (SSSR count). The molecule has 1 saturated heterocycles. The van der Waals surface area contributed by atoms with Gasteiger partial charge in [-0.1, -0.05) is 48.0 Å². The molecule has 0 aromatic heterocycles. The normalized spacial score (nSPS) is 14.5. The lowest BCUT2D eigenvalue weighted by atomic mass is 10.1. The largest absolute Gasteiger partial charge is 0.345 e. The van der Waals surface area contributed by atoms with Crippen molar-refractivity contribution in [1.82, 2.24) is 15.1 Å². The van der Waals surface area contributed by atoms with Gasteiger partial charge in [0.2, 0.25) is 11.8 Å². The number of benzene rings is 2. The molecule has 2 aromatic rings. The molecule has 2 aromatic carbocycles. The number of hydrogen-bond donors (Lipinski definition) is 2. The van der Waals surface area contributed by atoms with Crippen LogP contribution in [-0.2, 0) is 19.2 Å². The van der Waals surface area contributed by atoms with Gasteiger partial charge in [0.15, 0.2) is 0 Å². The predicted molar refractivity (Wildman–Crippen MR) is 121 cm³/mol. The van der Waals surface area contributed by atoms with Gasteiger partial charge in [-0.15, -0.1) is 0 Å². The fraction of sp³-hybridized carbons (Fsp3) is 0.292. The number of aryl methyl sites for hydroxylation is 3. The van der Waals surface area contributed by atoms with E-state index in [4.69, 9.17) is 0 Å². The molecule has 1 aliphatic heterocycles. The maximum Gasteiger partial charge on any atom is 0.335 e. The molecular weight excluding hydrogens is 424 g/mol. The van der Waals surface area contributed by atoms with Crippen molar-refractivity contribution in [2.24, 2.45) is 0 Å². The number of hydrogen-bond acceptors (Lipinski definition) is 5. The summed E-state index contributed by atoms with van der Waals surface area (Å²) >= 11 is 0. The molecule has 172 valence electrons. The van der Waals surface area contributed by atoms with Crippen molar-refractivity contribution in [1.29, 1.82) is 0 Å². The minimum Gasteiger partial charge on any atom is -0.345 e. The molecule has 0 radical (unpaired) electrons. The van der Waals surface area contributed by atoms with Crippen LogP contribution in [-0.4, -0.2) is 52.5 Å². The van der Waals surface area contributed by atoms with Gasteiger partial charge in [0.05, 0.1) is 12.6 Å². The van der Waals surface area contributed by atoms with Crippen molar-refractivity contribution in [3.05, 3.63) is 64.7 Å². The Morgan fingerprint density at radius 3 is 2.12 bits per heavy atom. The van der Waals surface area contributed by atoms with Crippen LogP contribution < -0.4 is 10.6 Å². The van der Waals surface area contributed by atoms with Crippen molar-refractivity contribution < 1.29 is 24.0 Å². The lowest BCUT2D eigenvalue weighted by molar-refractivity contribution is -0.144. The smallest absolute Gasteiger partial charge is 0.335 e. The SMILES string of the molecule is Cc1cc(C)c(NC(=O)CNC(=O)CN2C(=O)C(=O)N(C(C)c3ccccc3)C2=O)c(C)c1. The monoisotopic (exact) mass is 450 g/mol. The van der Waals surface area contributed by atoms with Crippen molar-refractivity contribution in [3.63, 3.8) is 0 Å². The number of carbonyl (C=O) groups excluding carboxylic acids is 5. The molecule has 1 heterocycles. The molecule has 1 aliphatic rings. The molecule has 0 saturated carbocycles. The molecule has 33 heavy (non-hydrogen) atoms. The van der Waals surface area contributed by atoms with Crippen LogP contribution in [0.4, 0.5) is 10.5 Å². The van der Waals surface area contributed by atoms with Crippen LogP contribution in [0, 0.1) is 20.8 Å². The van der Waals surface area contributed by atoms with Crippen molar-refractivity contribution >= 4 is 35.3 Å². The number of anilines is 1. The summed E-state index contributed by atoms with van der Waals surface area (Å²) in [7, 11) is 0. The van der Waals surface area contributed by atoms with Gasteiger partial charge >= 0.3 is 17.8 Å². The second-order valence-electron chi connectivity index (χ2n) is 8.03. The molecular formula is C24H26N4O5. The summed E-state index contributed by atoms with van der Waals surface area (Å²) in [6.45, 7) is 6.33. The Hall–Kier alpha value is -4.01. The first-order valence-electron chi connectivity index (χ1n) is 10.5. The van der Waals surface area contributed by atoms with Gasteiger partial charge < -0.3 is 10.6 Å². The molecule has 9 heteroatoms. The molecule has 2 N–H and O–H groups in total. The third kappa shape index (κ3) is 5.08. The Labute approximate surface area is 191 Å². The van der Waals surface area contributed by atoms with Crippen molar-refractivity contribution in [2.45, 2.75) is 33.7 Å². The summed E-state index contributed by atoms with van der Waals surface area (Å²) in [6.07, 6.45) is 0. The zero-order chi connectivity index (χ0) is 24.3. The van der Waals surface area contributed by atoms with Gasteiger partial charge in [-0.3, -0.25) is 19.2 Å². The molecule has 6 amide bonds.